The summed E-state index contributed by atoms with van der Waals surface area (Å²) in [7, 11) is 0. The van der Waals surface area contributed by atoms with Crippen molar-refractivity contribution in [1.29, 1.82) is 0 Å². The van der Waals surface area contributed by atoms with E-state index >= 15 is 0 Å². The minimum absolute atomic E-state index is 0.0805. The molecule has 0 aliphatic rings. The fourth-order valence-electron chi connectivity index (χ4n) is 2.69. The van der Waals surface area contributed by atoms with Crippen LogP contribution in [0.5, 0.6) is 0 Å². The molecule has 1 atom stereocenters. The Balaban J connectivity index is 1.74. The number of rotatable bonds is 4. The van der Waals surface area contributed by atoms with E-state index in [2.05, 4.69) is 30.3 Å². The summed E-state index contributed by atoms with van der Waals surface area (Å²) in [5.41, 5.74) is 8.06. The van der Waals surface area contributed by atoms with Gasteiger partial charge in [-0.2, -0.15) is 0 Å². The second-order valence-electron chi connectivity index (χ2n) is 5.44. The summed E-state index contributed by atoms with van der Waals surface area (Å²) >= 11 is 0. The van der Waals surface area contributed by atoms with Gasteiger partial charge in [0.2, 0.25) is 0 Å². The summed E-state index contributed by atoms with van der Waals surface area (Å²) < 4.78 is 13.6. The zero-order chi connectivity index (χ0) is 14.7. The third kappa shape index (κ3) is 3.29. The maximum Gasteiger partial charge on any atom is 0.126 e. The molecule has 2 N–H and O–H groups in total. The van der Waals surface area contributed by atoms with Crippen LogP contribution in [0.25, 0.3) is 10.8 Å². The Labute approximate surface area is 124 Å². The molecule has 0 aliphatic heterocycles. The quantitative estimate of drug-likeness (QED) is 0.764. The van der Waals surface area contributed by atoms with Crippen molar-refractivity contribution in [3.05, 3.63) is 83.7 Å². The van der Waals surface area contributed by atoms with Crippen LogP contribution in [0.2, 0.25) is 0 Å². The molecule has 0 aromatic heterocycles. The third-order valence-electron chi connectivity index (χ3n) is 3.75. The minimum atomic E-state index is -0.175. The van der Waals surface area contributed by atoms with Gasteiger partial charge in [0.25, 0.3) is 0 Å². The first-order valence-electron chi connectivity index (χ1n) is 7.19. The molecule has 3 rings (SSSR count). The highest BCUT2D eigenvalue weighted by Crippen LogP contribution is 2.17. The second kappa shape index (κ2) is 6.06. The van der Waals surface area contributed by atoms with Crippen LogP contribution in [-0.2, 0) is 12.8 Å². The molecule has 0 radical (unpaired) electrons. The summed E-state index contributed by atoms with van der Waals surface area (Å²) in [6.07, 6.45) is 1.30. The molecule has 21 heavy (non-hydrogen) atoms. The van der Waals surface area contributed by atoms with Crippen molar-refractivity contribution >= 4 is 10.8 Å². The maximum atomic E-state index is 13.6. The topological polar surface area (TPSA) is 26.0 Å². The van der Waals surface area contributed by atoms with Gasteiger partial charge in [-0.25, -0.2) is 4.39 Å². The van der Waals surface area contributed by atoms with Gasteiger partial charge in [-0.15, -0.1) is 0 Å². The van der Waals surface area contributed by atoms with Crippen molar-refractivity contribution in [3.8, 4) is 0 Å². The number of nitrogens with two attached hydrogens (primary N) is 1. The van der Waals surface area contributed by atoms with Crippen LogP contribution in [0.15, 0.2) is 66.7 Å². The van der Waals surface area contributed by atoms with Crippen molar-refractivity contribution in [2.75, 3.05) is 0 Å². The number of hydrogen-bond donors (Lipinski definition) is 1. The molecule has 0 amide bonds. The van der Waals surface area contributed by atoms with Crippen molar-refractivity contribution < 1.29 is 4.39 Å². The predicted molar refractivity (Wildman–Crippen MR) is 85.7 cm³/mol. The fraction of sp³-hybridized carbons (Fsp3) is 0.158. The molecule has 0 saturated heterocycles. The molecule has 0 fully saturated rings. The normalized spacial score (nSPS) is 12.5. The lowest BCUT2D eigenvalue weighted by molar-refractivity contribution is 0.584. The molecule has 0 heterocycles. The zero-order valence-corrected chi connectivity index (χ0v) is 11.8. The summed E-state index contributed by atoms with van der Waals surface area (Å²) in [4.78, 5) is 0. The minimum Gasteiger partial charge on any atom is -0.327 e. The van der Waals surface area contributed by atoms with Gasteiger partial charge in [-0.05, 0) is 40.8 Å². The van der Waals surface area contributed by atoms with E-state index in [9.17, 15) is 4.39 Å². The highest BCUT2D eigenvalue weighted by atomic mass is 19.1. The van der Waals surface area contributed by atoms with E-state index in [1.54, 1.807) is 12.1 Å². The van der Waals surface area contributed by atoms with E-state index in [4.69, 9.17) is 5.73 Å². The van der Waals surface area contributed by atoms with Crippen molar-refractivity contribution in [2.45, 2.75) is 18.9 Å². The third-order valence-corrected chi connectivity index (χ3v) is 3.75. The van der Waals surface area contributed by atoms with Crippen molar-refractivity contribution in [1.82, 2.24) is 0 Å². The zero-order valence-electron chi connectivity index (χ0n) is 11.8. The number of halogens is 1. The highest BCUT2D eigenvalue weighted by molar-refractivity contribution is 5.82. The Morgan fingerprint density at radius 2 is 1.52 bits per heavy atom. The van der Waals surface area contributed by atoms with Gasteiger partial charge in [0.1, 0.15) is 5.82 Å². The van der Waals surface area contributed by atoms with Gasteiger partial charge in [0.15, 0.2) is 0 Å². The van der Waals surface area contributed by atoms with Gasteiger partial charge >= 0.3 is 0 Å². The molecule has 1 unspecified atom stereocenters. The molecule has 106 valence electrons. The van der Waals surface area contributed by atoms with E-state index in [1.165, 1.54) is 22.4 Å². The molecular weight excluding hydrogens is 261 g/mol. The van der Waals surface area contributed by atoms with E-state index in [-0.39, 0.29) is 11.9 Å². The van der Waals surface area contributed by atoms with Crippen LogP contribution in [-0.4, -0.2) is 6.04 Å². The standard InChI is InChI=1S/C19H18FN/c20-19-8-4-3-7-17(19)13-18(21)12-14-9-10-15-5-1-2-6-16(15)11-14/h1-11,18H,12-13,21H2. The van der Waals surface area contributed by atoms with E-state index < -0.39 is 0 Å². The molecular formula is C19H18FN. The summed E-state index contributed by atoms with van der Waals surface area (Å²) in [5, 5.41) is 2.44. The number of benzene rings is 3. The molecule has 3 aromatic carbocycles. The Hall–Kier alpha value is -2.19. The molecule has 0 saturated carbocycles. The van der Waals surface area contributed by atoms with Gasteiger partial charge in [0.05, 0.1) is 0 Å². The smallest absolute Gasteiger partial charge is 0.126 e. The van der Waals surface area contributed by atoms with Crippen LogP contribution in [0.1, 0.15) is 11.1 Å². The van der Waals surface area contributed by atoms with Crippen molar-refractivity contribution in [2.24, 2.45) is 5.73 Å². The average Bonchev–Trinajstić information content (AvgIpc) is 2.49. The lowest BCUT2D eigenvalue weighted by Crippen LogP contribution is -2.25. The second-order valence-corrected chi connectivity index (χ2v) is 5.44. The van der Waals surface area contributed by atoms with Gasteiger partial charge in [0, 0.05) is 6.04 Å². The Morgan fingerprint density at radius 1 is 0.810 bits per heavy atom. The van der Waals surface area contributed by atoms with Crippen LogP contribution in [0.3, 0.4) is 0 Å². The summed E-state index contributed by atoms with van der Waals surface area (Å²) in [6, 6.07) is 21.4. The molecule has 0 spiro atoms. The Kier molecular flexibility index (Phi) is 3.98. The van der Waals surface area contributed by atoms with E-state index in [0.29, 0.717) is 12.0 Å². The molecule has 0 aliphatic carbocycles. The molecule has 3 aromatic rings. The number of fused-ring (bicyclic) bond motifs is 1. The average molecular weight is 279 g/mol. The molecule has 1 nitrogen and oxygen atoms in total. The SMILES string of the molecule is NC(Cc1ccc2ccccc2c1)Cc1ccccc1F. The van der Waals surface area contributed by atoms with E-state index in [0.717, 1.165) is 6.42 Å². The van der Waals surface area contributed by atoms with E-state index in [1.807, 2.05) is 18.2 Å². The number of hydrogen-bond acceptors (Lipinski definition) is 1. The van der Waals surface area contributed by atoms with Crippen LogP contribution < -0.4 is 5.73 Å². The lowest BCUT2D eigenvalue weighted by Gasteiger charge is -2.13. The van der Waals surface area contributed by atoms with Crippen LogP contribution >= 0.6 is 0 Å². The Morgan fingerprint density at radius 3 is 2.33 bits per heavy atom. The largest absolute Gasteiger partial charge is 0.327 e. The summed E-state index contributed by atoms with van der Waals surface area (Å²) in [6.45, 7) is 0. The van der Waals surface area contributed by atoms with Gasteiger partial charge in [-0.3, -0.25) is 0 Å². The Bertz CT molecular complexity index is 751. The first-order chi connectivity index (χ1) is 10.2. The van der Waals surface area contributed by atoms with Gasteiger partial charge < -0.3 is 5.73 Å². The molecule has 0 bridgehead atoms. The monoisotopic (exact) mass is 279 g/mol. The van der Waals surface area contributed by atoms with Crippen molar-refractivity contribution in [3.63, 3.8) is 0 Å². The first-order valence-corrected chi connectivity index (χ1v) is 7.19. The molecule has 2 heteroatoms. The highest BCUT2D eigenvalue weighted by Gasteiger charge is 2.09. The fourth-order valence-corrected chi connectivity index (χ4v) is 2.69. The predicted octanol–water partition coefficient (Wildman–Crippen LogP) is 4.09. The van der Waals surface area contributed by atoms with Crippen LogP contribution in [0, 0.1) is 5.82 Å². The maximum absolute atomic E-state index is 13.6. The van der Waals surface area contributed by atoms with Gasteiger partial charge in [-0.1, -0.05) is 60.7 Å². The van der Waals surface area contributed by atoms with Crippen LogP contribution in [0.4, 0.5) is 4.39 Å². The first kappa shape index (κ1) is 13.8. The lowest BCUT2D eigenvalue weighted by atomic mass is 9.97. The summed E-state index contributed by atoms with van der Waals surface area (Å²) in [5.74, 6) is -0.175.